The number of halogens is 5. The summed E-state index contributed by atoms with van der Waals surface area (Å²) in [5, 5.41) is 4.23. The zero-order valence-corrected chi connectivity index (χ0v) is 17.3. The molecule has 27 heavy (non-hydrogen) atoms. The molecule has 0 radical (unpaired) electrons. The smallest absolute Gasteiger partial charge is 0.227 e. The van der Waals surface area contributed by atoms with E-state index in [1.807, 2.05) is 0 Å². The number of carbonyl (C=O) groups is 1. The van der Waals surface area contributed by atoms with E-state index in [4.69, 9.17) is 46.4 Å². The van der Waals surface area contributed by atoms with Crippen LogP contribution in [0.15, 0.2) is 30.3 Å². The molecule has 1 aliphatic rings. The van der Waals surface area contributed by atoms with Gasteiger partial charge in [-0.2, -0.15) is 0 Å². The molecule has 144 valence electrons. The summed E-state index contributed by atoms with van der Waals surface area (Å²) in [7, 11) is 0. The van der Waals surface area contributed by atoms with Crippen LogP contribution in [0.5, 0.6) is 0 Å². The van der Waals surface area contributed by atoms with Crippen LogP contribution in [-0.4, -0.2) is 23.9 Å². The Morgan fingerprint density at radius 2 is 1.70 bits per heavy atom. The van der Waals surface area contributed by atoms with E-state index in [1.165, 1.54) is 12.1 Å². The van der Waals surface area contributed by atoms with Gasteiger partial charge in [-0.3, -0.25) is 9.69 Å². The molecule has 1 heterocycles. The van der Waals surface area contributed by atoms with Crippen LogP contribution >= 0.6 is 46.4 Å². The van der Waals surface area contributed by atoms with E-state index >= 15 is 0 Å². The zero-order valence-electron chi connectivity index (χ0n) is 14.2. The lowest BCUT2D eigenvalue weighted by Crippen LogP contribution is -2.38. The Morgan fingerprint density at radius 3 is 2.37 bits per heavy atom. The molecule has 1 aliphatic heterocycles. The number of likely N-dealkylation sites (tertiary alicyclic amines) is 1. The minimum atomic E-state index is -0.309. The molecular weight excluding hydrogens is 433 g/mol. The van der Waals surface area contributed by atoms with Crippen molar-refractivity contribution < 1.29 is 9.18 Å². The highest BCUT2D eigenvalue weighted by atomic mass is 35.5. The first-order valence-corrected chi connectivity index (χ1v) is 9.97. The van der Waals surface area contributed by atoms with Crippen molar-refractivity contribution in [3.8, 4) is 0 Å². The predicted molar refractivity (Wildman–Crippen MR) is 110 cm³/mol. The van der Waals surface area contributed by atoms with Crippen LogP contribution in [0, 0.1) is 11.7 Å². The average molecular weight is 450 g/mol. The normalized spacial score (nSPS) is 15.7. The molecule has 0 aliphatic carbocycles. The van der Waals surface area contributed by atoms with Gasteiger partial charge in [0.2, 0.25) is 5.91 Å². The molecule has 0 bridgehead atoms. The number of amides is 1. The van der Waals surface area contributed by atoms with Gasteiger partial charge in [0.05, 0.1) is 20.8 Å². The van der Waals surface area contributed by atoms with Crippen molar-refractivity contribution in [1.82, 2.24) is 4.90 Å². The number of rotatable bonds is 4. The van der Waals surface area contributed by atoms with Crippen molar-refractivity contribution >= 4 is 58.0 Å². The first-order chi connectivity index (χ1) is 12.8. The lowest BCUT2D eigenvalue weighted by molar-refractivity contribution is -0.121. The van der Waals surface area contributed by atoms with Crippen LogP contribution in [-0.2, 0) is 11.3 Å². The zero-order chi connectivity index (χ0) is 19.6. The maximum atomic E-state index is 13.9. The summed E-state index contributed by atoms with van der Waals surface area (Å²) in [6.07, 6.45) is 1.33. The summed E-state index contributed by atoms with van der Waals surface area (Å²) in [5.41, 5.74) is 0.932. The minimum Gasteiger partial charge on any atom is -0.324 e. The molecular formula is C19H17Cl4FN2O. The van der Waals surface area contributed by atoms with Gasteiger partial charge in [-0.1, -0.05) is 52.5 Å². The van der Waals surface area contributed by atoms with Gasteiger partial charge >= 0.3 is 0 Å². The second-order valence-electron chi connectivity index (χ2n) is 6.49. The van der Waals surface area contributed by atoms with E-state index in [2.05, 4.69) is 10.2 Å². The highest BCUT2D eigenvalue weighted by molar-refractivity contribution is 6.44. The molecule has 1 fully saturated rings. The third kappa shape index (κ3) is 5.07. The van der Waals surface area contributed by atoms with E-state index in [1.54, 1.807) is 18.2 Å². The van der Waals surface area contributed by atoms with Crippen molar-refractivity contribution in [3.63, 3.8) is 0 Å². The second-order valence-corrected chi connectivity index (χ2v) is 8.11. The number of nitrogens with zero attached hydrogens (tertiary/aromatic N) is 1. The topological polar surface area (TPSA) is 32.3 Å². The number of anilines is 1. The number of carbonyl (C=O) groups excluding carboxylic acids is 1. The van der Waals surface area contributed by atoms with Crippen LogP contribution in [0.3, 0.4) is 0 Å². The Bertz CT molecular complexity index is 834. The van der Waals surface area contributed by atoms with E-state index in [0.717, 1.165) is 0 Å². The Hall–Kier alpha value is -1.04. The van der Waals surface area contributed by atoms with Crippen molar-refractivity contribution in [2.75, 3.05) is 18.4 Å². The third-order valence-corrected chi connectivity index (χ3v) is 6.06. The Kier molecular flexibility index (Phi) is 6.88. The van der Waals surface area contributed by atoms with Gasteiger partial charge in [0.1, 0.15) is 5.82 Å². The standard InChI is InChI=1S/C19H17Cl4FN2O/c20-13-2-1-3-17(24)12(13)10-26-6-4-11(5-7-26)19(27)25-18-9-15(22)14(21)8-16(18)23/h1-3,8-9,11H,4-7,10H2,(H,25,27). The Balaban J connectivity index is 1.57. The second kappa shape index (κ2) is 8.97. The number of hydrogen-bond acceptors (Lipinski definition) is 2. The van der Waals surface area contributed by atoms with Gasteiger partial charge < -0.3 is 5.32 Å². The number of nitrogens with one attached hydrogen (secondary N) is 1. The molecule has 0 spiro atoms. The van der Waals surface area contributed by atoms with Gasteiger partial charge in [0, 0.05) is 23.0 Å². The molecule has 0 atom stereocenters. The average Bonchev–Trinajstić information content (AvgIpc) is 2.63. The monoisotopic (exact) mass is 448 g/mol. The molecule has 3 nitrogen and oxygen atoms in total. The van der Waals surface area contributed by atoms with Crippen molar-refractivity contribution in [3.05, 3.63) is 61.8 Å². The van der Waals surface area contributed by atoms with Gasteiger partial charge in [-0.25, -0.2) is 4.39 Å². The fraction of sp³-hybridized carbons (Fsp3) is 0.316. The van der Waals surface area contributed by atoms with Gasteiger partial charge in [-0.15, -0.1) is 0 Å². The fourth-order valence-corrected chi connectivity index (χ4v) is 3.93. The molecule has 2 aromatic rings. The number of piperidine rings is 1. The van der Waals surface area contributed by atoms with Gasteiger partial charge in [-0.05, 0) is 50.2 Å². The van der Waals surface area contributed by atoms with Gasteiger partial charge in [0.25, 0.3) is 0 Å². The maximum Gasteiger partial charge on any atom is 0.227 e. The molecule has 8 heteroatoms. The molecule has 2 aromatic carbocycles. The summed E-state index contributed by atoms with van der Waals surface area (Å²) in [6, 6.07) is 7.72. The van der Waals surface area contributed by atoms with Crippen molar-refractivity contribution in [2.24, 2.45) is 5.92 Å². The fourth-order valence-electron chi connectivity index (χ4n) is 3.11. The third-order valence-electron chi connectivity index (χ3n) is 4.67. The maximum absolute atomic E-state index is 13.9. The molecule has 0 unspecified atom stereocenters. The van der Waals surface area contributed by atoms with Crippen LogP contribution in [0.25, 0.3) is 0 Å². The molecule has 1 saturated heterocycles. The van der Waals surface area contributed by atoms with E-state index in [-0.39, 0.29) is 17.6 Å². The van der Waals surface area contributed by atoms with Crippen molar-refractivity contribution in [2.45, 2.75) is 19.4 Å². The van der Waals surface area contributed by atoms with Crippen LogP contribution in [0.4, 0.5) is 10.1 Å². The van der Waals surface area contributed by atoms with Crippen LogP contribution in [0.2, 0.25) is 20.1 Å². The highest BCUT2D eigenvalue weighted by Gasteiger charge is 2.26. The highest BCUT2D eigenvalue weighted by Crippen LogP contribution is 2.33. The van der Waals surface area contributed by atoms with E-state index in [9.17, 15) is 9.18 Å². The Labute approximate surface area is 177 Å². The molecule has 1 N–H and O–H groups in total. The predicted octanol–water partition coefficient (Wildman–Crippen LogP) is 6.29. The first kappa shape index (κ1) is 20.7. The molecule has 0 saturated carbocycles. The minimum absolute atomic E-state index is 0.112. The largest absolute Gasteiger partial charge is 0.324 e. The van der Waals surface area contributed by atoms with Crippen molar-refractivity contribution in [1.29, 1.82) is 0 Å². The molecule has 0 aromatic heterocycles. The molecule has 3 rings (SSSR count). The SMILES string of the molecule is O=C(Nc1cc(Cl)c(Cl)cc1Cl)C1CCN(Cc2c(F)cccc2Cl)CC1. The summed E-state index contributed by atoms with van der Waals surface area (Å²) in [5.74, 6) is -0.571. The number of benzene rings is 2. The summed E-state index contributed by atoms with van der Waals surface area (Å²) in [4.78, 5) is 14.6. The summed E-state index contributed by atoms with van der Waals surface area (Å²) < 4.78 is 13.9. The lowest BCUT2D eigenvalue weighted by atomic mass is 9.95. The number of hydrogen-bond donors (Lipinski definition) is 1. The van der Waals surface area contributed by atoms with E-state index in [0.29, 0.717) is 63.8 Å². The van der Waals surface area contributed by atoms with Crippen LogP contribution < -0.4 is 5.32 Å². The van der Waals surface area contributed by atoms with Crippen LogP contribution in [0.1, 0.15) is 18.4 Å². The Morgan fingerprint density at radius 1 is 1.04 bits per heavy atom. The lowest BCUT2D eigenvalue weighted by Gasteiger charge is -2.31. The first-order valence-electron chi connectivity index (χ1n) is 8.46. The molecule has 1 amide bonds. The van der Waals surface area contributed by atoms with Gasteiger partial charge in [0.15, 0.2) is 0 Å². The summed E-state index contributed by atoms with van der Waals surface area (Å²) in [6.45, 7) is 1.79. The van der Waals surface area contributed by atoms with E-state index < -0.39 is 0 Å². The quantitative estimate of drug-likeness (QED) is 0.556. The summed E-state index contributed by atoms with van der Waals surface area (Å²) >= 11 is 24.1.